The van der Waals surface area contributed by atoms with Crippen molar-refractivity contribution in [3.05, 3.63) is 52.4 Å². The number of rotatable bonds is 3. The summed E-state index contributed by atoms with van der Waals surface area (Å²) in [4.78, 5) is 12.0. The third-order valence-electron chi connectivity index (χ3n) is 4.29. The second-order valence-corrected chi connectivity index (χ2v) is 6.76. The molecule has 1 unspecified atom stereocenters. The van der Waals surface area contributed by atoms with Gasteiger partial charge in [-0.15, -0.1) is 0 Å². The van der Waals surface area contributed by atoms with E-state index in [1.54, 1.807) is 12.1 Å². The Kier molecular flexibility index (Phi) is 4.09. The summed E-state index contributed by atoms with van der Waals surface area (Å²) in [6.45, 7) is 3.95. The first-order valence-corrected chi connectivity index (χ1v) is 7.90. The van der Waals surface area contributed by atoms with Crippen molar-refractivity contribution in [1.29, 1.82) is 5.41 Å². The van der Waals surface area contributed by atoms with Crippen molar-refractivity contribution < 1.29 is 5.21 Å². The Morgan fingerprint density at radius 2 is 1.84 bits per heavy atom. The number of anilines is 1. The lowest BCUT2D eigenvalue weighted by Gasteiger charge is -2.32. The average molecular weight is 360 g/mol. The van der Waals surface area contributed by atoms with E-state index >= 15 is 0 Å². The number of halogens is 1. The molecular formula is C16H18ClN7O. The molecule has 6 N–H and O–H groups in total. The molecule has 0 fully saturated rings. The Hall–Kier alpha value is -2.71. The van der Waals surface area contributed by atoms with Gasteiger partial charge in [0.25, 0.3) is 0 Å². The quantitative estimate of drug-likeness (QED) is 0.525. The molecule has 0 saturated carbocycles. The number of nitrogen functional groups attached to an aromatic ring is 1. The Morgan fingerprint density at radius 1 is 1.20 bits per heavy atom. The lowest BCUT2D eigenvalue weighted by molar-refractivity contribution is 0.182. The van der Waals surface area contributed by atoms with E-state index < -0.39 is 11.5 Å². The first-order valence-electron chi connectivity index (χ1n) is 7.52. The maximum Gasteiger partial charge on any atom is 0.246 e. The van der Waals surface area contributed by atoms with Crippen molar-refractivity contribution in [2.45, 2.75) is 25.3 Å². The molecule has 1 aromatic rings. The molecule has 2 heterocycles. The summed E-state index contributed by atoms with van der Waals surface area (Å²) >= 11 is 5.95. The first kappa shape index (κ1) is 17.1. The largest absolute Gasteiger partial charge is 0.427 e. The summed E-state index contributed by atoms with van der Waals surface area (Å²) in [7, 11) is 0. The topological polar surface area (TPSA) is 140 Å². The molecule has 0 aromatic heterocycles. The van der Waals surface area contributed by atoms with Gasteiger partial charge < -0.3 is 16.7 Å². The number of nitrogens with two attached hydrogens (primary N) is 2. The predicted octanol–water partition coefficient (Wildman–Crippen LogP) is 1.71. The molecular weight excluding hydrogens is 342 g/mol. The van der Waals surface area contributed by atoms with Crippen LogP contribution in [0, 0.1) is 5.41 Å². The lowest BCUT2D eigenvalue weighted by Crippen LogP contribution is -2.34. The molecule has 25 heavy (non-hydrogen) atoms. The van der Waals surface area contributed by atoms with Crippen molar-refractivity contribution in [1.82, 2.24) is 19.7 Å². The van der Waals surface area contributed by atoms with Crippen LogP contribution in [-0.4, -0.2) is 24.9 Å². The fourth-order valence-electron chi connectivity index (χ4n) is 2.65. The molecule has 0 bridgehead atoms. The van der Waals surface area contributed by atoms with Gasteiger partial charge in [-0.3, -0.25) is 5.41 Å². The van der Waals surface area contributed by atoms with Gasteiger partial charge >= 0.3 is 0 Å². The highest BCUT2D eigenvalue weighted by atomic mass is 35.5. The van der Waals surface area contributed by atoms with Crippen molar-refractivity contribution >= 4 is 17.4 Å². The minimum atomic E-state index is -0.549. The van der Waals surface area contributed by atoms with Crippen LogP contribution in [0.1, 0.15) is 31.1 Å². The van der Waals surface area contributed by atoms with Gasteiger partial charge in [0.15, 0.2) is 11.5 Å². The van der Waals surface area contributed by atoms with E-state index in [1.165, 1.54) is 6.20 Å². The zero-order valence-corrected chi connectivity index (χ0v) is 14.5. The summed E-state index contributed by atoms with van der Waals surface area (Å²) in [5.41, 5.74) is 13.1. The van der Waals surface area contributed by atoms with Crippen molar-refractivity contribution in [2.75, 3.05) is 5.73 Å². The molecule has 130 valence electrons. The number of hydrogen-bond acceptors (Lipinski definition) is 7. The monoisotopic (exact) mass is 359 g/mol. The molecule has 1 aromatic carbocycles. The van der Waals surface area contributed by atoms with Crippen LogP contribution in [0.25, 0.3) is 11.5 Å². The van der Waals surface area contributed by atoms with E-state index in [1.807, 2.05) is 26.0 Å². The number of aromatic nitrogens is 4. The number of benzene rings is 1. The molecule has 9 heteroatoms. The van der Waals surface area contributed by atoms with Gasteiger partial charge in [-0.1, -0.05) is 37.6 Å². The summed E-state index contributed by atoms with van der Waals surface area (Å²) in [5.74, 6) is 0.0638. The first-order chi connectivity index (χ1) is 11.7. The van der Waals surface area contributed by atoms with Crippen LogP contribution in [0.5, 0.6) is 0 Å². The summed E-state index contributed by atoms with van der Waals surface area (Å²) < 4.78 is 0.769. The van der Waals surface area contributed by atoms with E-state index in [0.29, 0.717) is 10.7 Å². The highest BCUT2D eigenvalue weighted by molar-refractivity contribution is 6.30. The maximum absolute atomic E-state index is 10.2. The van der Waals surface area contributed by atoms with Crippen LogP contribution in [-0.2, 0) is 5.41 Å². The molecule has 1 atom stereocenters. The third-order valence-corrected chi connectivity index (χ3v) is 4.54. The van der Waals surface area contributed by atoms with Gasteiger partial charge in [0.2, 0.25) is 11.4 Å². The van der Waals surface area contributed by atoms with E-state index in [0.717, 1.165) is 10.3 Å². The van der Waals surface area contributed by atoms with E-state index in [2.05, 4.69) is 15.0 Å². The Labute approximate surface area is 148 Å². The van der Waals surface area contributed by atoms with Gasteiger partial charge in [0, 0.05) is 10.4 Å². The molecule has 0 spiro atoms. The summed E-state index contributed by atoms with van der Waals surface area (Å²) in [6, 6.07) is 6.85. The van der Waals surface area contributed by atoms with Crippen LogP contribution in [0.3, 0.4) is 0 Å². The number of nitrogens with one attached hydrogen (secondary N) is 1. The predicted molar refractivity (Wildman–Crippen MR) is 93.3 cm³/mol. The molecule has 0 radical (unpaired) electrons. The molecule has 0 saturated heterocycles. The van der Waals surface area contributed by atoms with Crippen LogP contribution in [0.4, 0.5) is 5.82 Å². The summed E-state index contributed by atoms with van der Waals surface area (Å²) in [5, 5.41) is 18.3. The summed E-state index contributed by atoms with van der Waals surface area (Å²) in [6.07, 6.45) is 1.37. The Morgan fingerprint density at radius 3 is 2.48 bits per heavy atom. The molecule has 3 rings (SSSR count). The van der Waals surface area contributed by atoms with Crippen molar-refractivity contribution in [2.24, 2.45) is 5.73 Å². The fraction of sp³-hybridized carbons (Fsp3) is 0.250. The van der Waals surface area contributed by atoms with E-state index in [9.17, 15) is 5.21 Å². The van der Waals surface area contributed by atoms with E-state index in [-0.39, 0.29) is 23.0 Å². The smallest absolute Gasteiger partial charge is 0.246 e. The van der Waals surface area contributed by atoms with Crippen LogP contribution >= 0.6 is 11.6 Å². The normalized spacial score (nSPS) is 13.1. The minimum absolute atomic E-state index is 0.0103. The Balaban J connectivity index is 2.11. The molecule has 0 aliphatic carbocycles. The fourth-order valence-corrected chi connectivity index (χ4v) is 2.78. The highest BCUT2D eigenvalue weighted by Crippen LogP contribution is 2.36. The second-order valence-electron chi connectivity index (χ2n) is 6.32. The number of fused-ring (bicyclic) bond motifs is 1. The van der Waals surface area contributed by atoms with Crippen molar-refractivity contribution in [3.63, 3.8) is 0 Å². The van der Waals surface area contributed by atoms with E-state index in [4.69, 9.17) is 28.5 Å². The SMILES string of the molecule is CC(C)(c1ccc(Cl)cc1)C(N)c1cn(O)c2nc(=N)nc(N)c-2n1. The maximum atomic E-state index is 10.2. The van der Waals surface area contributed by atoms with Gasteiger partial charge in [0.1, 0.15) is 0 Å². The van der Waals surface area contributed by atoms with Crippen molar-refractivity contribution in [3.8, 4) is 11.5 Å². The van der Waals surface area contributed by atoms with Gasteiger partial charge in [0.05, 0.1) is 17.9 Å². The Bertz CT molecular complexity index is 952. The van der Waals surface area contributed by atoms with Gasteiger partial charge in [-0.25, -0.2) is 4.98 Å². The second kappa shape index (κ2) is 5.98. The molecule has 2 aliphatic rings. The van der Waals surface area contributed by atoms with Gasteiger partial charge in [-0.05, 0) is 17.7 Å². The van der Waals surface area contributed by atoms with Crippen LogP contribution < -0.4 is 17.1 Å². The van der Waals surface area contributed by atoms with Crippen LogP contribution in [0.15, 0.2) is 30.5 Å². The van der Waals surface area contributed by atoms with Gasteiger partial charge in [-0.2, -0.15) is 14.7 Å². The molecule has 0 amide bonds. The average Bonchev–Trinajstić information content (AvgIpc) is 2.55. The number of nitrogens with zero attached hydrogens (tertiary/aromatic N) is 4. The molecule has 2 aliphatic heterocycles. The highest BCUT2D eigenvalue weighted by Gasteiger charge is 2.32. The molecule has 8 nitrogen and oxygen atoms in total. The third kappa shape index (κ3) is 3.01. The number of hydrogen-bond donors (Lipinski definition) is 4. The zero-order chi connectivity index (χ0) is 18.4. The van der Waals surface area contributed by atoms with Crippen LogP contribution in [0.2, 0.25) is 5.02 Å². The lowest BCUT2D eigenvalue weighted by atomic mass is 9.77. The minimum Gasteiger partial charge on any atom is -0.427 e. The zero-order valence-electron chi connectivity index (χ0n) is 13.7. The standard InChI is InChI=1S/C16H18ClN7O/c1-16(2,8-3-5-9(17)6-4-8)12(18)10-7-24(25)14-11(21-10)13(19)22-15(20)23-14/h3-7,12,25H,18H2,1-2H3,(H3,19,20,22).